The van der Waals surface area contributed by atoms with E-state index in [0.717, 1.165) is 16.9 Å². The first kappa shape index (κ1) is 18.0. The molecule has 0 atom stereocenters. The lowest BCUT2D eigenvalue weighted by atomic mass is 10.2. The highest BCUT2D eigenvalue weighted by Crippen LogP contribution is 2.30. The van der Waals surface area contributed by atoms with E-state index in [0.29, 0.717) is 20.9 Å². The number of nitrogens with two attached hydrogens (primary N) is 1. The van der Waals surface area contributed by atoms with Crippen LogP contribution in [0.3, 0.4) is 0 Å². The van der Waals surface area contributed by atoms with Gasteiger partial charge in [-0.3, -0.25) is 9.36 Å². The van der Waals surface area contributed by atoms with Crippen LogP contribution in [0.2, 0.25) is 0 Å². The normalized spacial score (nSPS) is 10.5. The molecule has 0 aliphatic carbocycles. The Bertz CT molecular complexity index is 987. The molecular formula is C17H16N6OS2. The predicted molar refractivity (Wildman–Crippen MR) is 104 cm³/mol. The number of benzene rings is 1. The summed E-state index contributed by atoms with van der Waals surface area (Å²) >= 11 is 2.49. The SMILES string of the molecule is Cc1c(C#N)c(NC(=O)CSc2nnc(N)s2)n(-c2ccccc2)c1C. The van der Waals surface area contributed by atoms with E-state index in [1.807, 2.05) is 48.7 Å². The van der Waals surface area contributed by atoms with Crippen molar-refractivity contribution in [2.75, 3.05) is 16.8 Å². The van der Waals surface area contributed by atoms with E-state index in [4.69, 9.17) is 5.73 Å². The van der Waals surface area contributed by atoms with Crippen LogP contribution in [0.1, 0.15) is 16.8 Å². The Hall–Kier alpha value is -2.83. The summed E-state index contributed by atoms with van der Waals surface area (Å²) in [5.74, 6) is 0.406. The molecule has 7 nitrogen and oxygen atoms in total. The fourth-order valence-electron chi connectivity index (χ4n) is 2.53. The zero-order valence-corrected chi connectivity index (χ0v) is 15.8. The summed E-state index contributed by atoms with van der Waals surface area (Å²) in [4.78, 5) is 12.4. The molecule has 0 aliphatic rings. The maximum atomic E-state index is 12.4. The third-order valence-electron chi connectivity index (χ3n) is 3.85. The van der Waals surface area contributed by atoms with Crippen molar-refractivity contribution in [3.8, 4) is 11.8 Å². The van der Waals surface area contributed by atoms with Crippen LogP contribution in [0, 0.1) is 25.2 Å². The van der Waals surface area contributed by atoms with Gasteiger partial charge in [0.25, 0.3) is 0 Å². The lowest BCUT2D eigenvalue weighted by molar-refractivity contribution is -0.113. The van der Waals surface area contributed by atoms with Crippen LogP contribution in [0.25, 0.3) is 5.69 Å². The van der Waals surface area contributed by atoms with Crippen molar-refractivity contribution in [1.29, 1.82) is 5.26 Å². The van der Waals surface area contributed by atoms with Crippen molar-refractivity contribution < 1.29 is 4.79 Å². The first-order valence-electron chi connectivity index (χ1n) is 7.70. The molecule has 1 aromatic carbocycles. The fraction of sp³-hybridized carbons (Fsp3) is 0.176. The Morgan fingerprint density at radius 1 is 1.35 bits per heavy atom. The van der Waals surface area contributed by atoms with Crippen LogP contribution in [-0.4, -0.2) is 26.4 Å². The molecule has 0 spiro atoms. The van der Waals surface area contributed by atoms with Gasteiger partial charge in [0, 0.05) is 11.4 Å². The van der Waals surface area contributed by atoms with Crippen LogP contribution in [0.4, 0.5) is 10.9 Å². The molecule has 0 aliphatic heterocycles. The Labute approximate surface area is 158 Å². The molecular weight excluding hydrogens is 368 g/mol. The number of nitrogens with one attached hydrogen (secondary N) is 1. The molecule has 3 rings (SSSR count). The standard InChI is InChI=1S/C17H16N6OS2/c1-10-11(2)23(12-6-4-3-5-7-12)15(13(10)8-18)20-14(24)9-25-17-22-21-16(19)26-17/h3-7H,9H2,1-2H3,(H2,19,21)(H,20,24). The number of carbonyl (C=O) groups excluding carboxylic acids is 1. The number of para-hydroxylation sites is 1. The van der Waals surface area contributed by atoms with Gasteiger partial charge in [-0.15, -0.1) is 10.2 Å². The molecule has 3 N–H and O–H groups in total. The van der Waals surface area contributed by atoms with Crippen LogP contribution >= 0.6 is 23.1 Å². The highest BCUT2D eigenvalue weighted by atomic mass is 32.2. The van der Waals surface area contributed by atoms with Crippen molar-refractivity contribution in [3.63, 3.8) is 0 Å². The maximum Gasteiger partial charge on any atom is 0.235 e. The zero-order valence-electron chi connectivity index (χ0n) is 14.2. The summed E-state index contributed by atoms with van der Waals surface area (Å²) in [7, 11) is 0. The number of nitrogen functional groups attached to an aromatic ring is 1. The Kier molecular flexibility index (Phi) is 5.25. The number of nitriles is 1. The summed E-state index contributed by atoms with van der Waals surface area (Å²) in [5.41, 5.74) is 8.64. The lowest BCUT2D eigenvalue weighted by Gasteiger charge is -2.13. The van der Waals surface area contributed by atoms with E-state index in [1.165, 1.54) is 23.1 Å². The molecule has 0 saturated carbocycles. The van der Waals surface area contributed by atoms with Crippen molar-refractivity contribution >= 4 is 40.0 Å². The number of hydrogen-bond acceptors (Lipinski definition) is 7. The second-order valence-corrected chi connectivity index (χ2v) is 7.69. The minimum atomic E-state index is -0.227. The van der Waals surface area contributed by atoms with Crippen LogP contribution < -0.4 is 11.1 Å². The summed E-state index contributed by atoms with van der Waals surface area (Å²) in [6.07, 6.45) is 0. The number of amides is 1. The number of carbonyl (C=O) groups is 1. The Balaban J connectivity index is 1.88. The highest BCUT2D eigenvalue weighted by molar-refractivity contribution is 8.01. The second-order valence-electron chi connectivity index (χ2n) is 5.46. The van der Waals surface area contributed by atoms with Crippen molar-refractivity contribution in [2.24, 2.45) is 0 Å². The number of aromatic nitrogens is 3. The zero-order chi connectivity index (χ0) is 18.7. The quantitative estimate of drug-likeness (QED) is 0.654. The highest BCUT2D eigenvalue weighted by Gasteiger charge is 2.20. The van der Waals surface area contributed by atoms with E-state index >= 15 is 0 Å². The molecule has 2 aromatic heterocycles. The van der Waals surface area contributed by atoms with E-state index in [9.17, 15) is 10.1 Å². The number of nitrogens with zero attached hydrogens (tertiary/aromatic N) is 4. The number of anilines is 2. The topological polar surface area (TPSA) is 110 Å². The van der Waals surface area contributed by atoms with Gasteiger partial charge in [0.05, 0.1) is 11.3 Å². The largest absolute Gasteiger partial charge is 0.374 e. The Morgan fingerprint density at radius 2 is 2.08 bits per heavy atom. The monoisotopic (exact) mass is 384 g/mol. The van der Waals surface area contributed by atoms with Crippen LogP contribution in [0.5, 0.6) is 0 Å². The predicted octanol–water partition coefficient (Wildman–Crippen LogP) is 3.13. The van der Waals surface area contributed by atoms with E-state index in [1.54, 1.807) is 0 Å². The molecule has 26 heavy (non-hydrogen) atoms. The average molecular weight is 384 g/mol. The molecule has 132 valence electrons. The molecule has 3 aromatic rings. The minimum absolute atomic E-state index is 0.150. The van der Waals surface area contributed by atoms with Crippen molar-refractivity contribution in [3.05, 3.63) is 47.2 Å². The van der Waals surface area contributed by atoms with Gasteiger partial charge in [-0.1, -0.05) is 41.3 Å². The Morgan fingerprint density at radius 3 is 2.69 bits per heavy atom. The van der Waals surface area contributed by atoms with E-state index < -0.39 is 0 Å². The van der Waals surface area contributed by atoms with E-state index in [-0.39, 0.29) is 11.7 Å². The van der Waals surface area contributed by atoms with Gasteiger partial charge >= 0.3 is 0 Å². The summed E-state index contributed by atoms with van der Waals surface area (Å²) < 4.78 is 2.52. The van der Waals surface area contributed by atoms with Gasteiger partial charge in [-0.25, -0.2) is 0 Å². The number of hydrogen-bond donors (Lipinski definition) is 2. The molecule has 2 heterocycles. The van der Waals surface area contributed by atoms with Gasteiger partial charge in [0.15, 0.2) is 4.34 Å². The average Bonchev–Trinajstić information content (AvgIpc) is 3.15. The summed E-state index contributed by atoms with van der Waals surface area (Å²) in [5, 5.41) is 20.4. The third kappa shape index (κ3) is 3.56. The number of thioether (sulfide) groups is 1. The minimum Gasteiger partial charge on any atom is -0.374 e. The van der Waals surface area contributed by atoms with Gasteiger partial charge in [0.2, 0.25) is 11.0 Å². The maximum absolute atomic E-state index is 12.4. The third-order valence-corrected chi connectivity index (χ3v) is 5.73. The van der Waals surface area contributed by atoms with E-state index in [2.05, 4.69) is 21.6 Å². The van der Waals surface area contributed by atoms with Gasteiger partial charge in [-0.2, -0.15) is 5.26 Å². The molecule has 0 fully saturated rings. The smallest absolute Gasteiger partial charge is 0.235 e. The molecule has 0 unspecified atom stereocenters. The fourth-order valence-corrected chi connectivity index (χ4v) is 3.97. The van der Waals surface area contributed by atoms with Crippen molar-refractivity contribution in [2.45, 2.75) is 18.2 Å². The van der Waals surface area contributed by atoms with Gasteiger partial charge < -0.3 is 11.1 Å². The molecule has 0 bridgehead atoms. The van der Waals surface area contributed by atoms with Crippen LogP contribution in [-0.2, 0) is 4.79 Å². The first-order valence-corrected chi connectivity index (χ1v) is 9.50. The van der Waals surface area contributed by atoms with Crippen molar-refractivity contribution in [1.82, 2.24) is 14.8 Å². The molecule has 9 heteroatoms. The van der Waals surface area contributed by atoms with Gasteiger partial charge in [-0.05, 0) is 31.5 Å². The number of rotatable bonds is 5. The molecule has 0 radical (unpaired) electrons. The molecule has 1 amide bonds. The summed E-state index contributed by atoms with van der Waals surface area (Å²) in [6, 6.07) is 11.8. The first-order chi connectivity index (χ1) is 12.5. The lowest BCUT2D eigenvalue weighted by Crippen LogP contribution is -2.17. The van der Waals surface area contributed by atoms with Gasteiger partial charge in [0.1, 0.15) is 11.9 Å². The second kappa shape index (κ2) is 7.59. The molecule has 0 saturated heterocycles. The summed E-state index contributed by atoms with van der Waals surface area (Å²) in [6.45, 7) is 3.80. The van der Waals surface area contributed by atoms with Crippen LogP contribution in [0.15, 0.2) is 34.7 Å².